The van der Waals surface area contributed by atoms with E-state index in [1.165, 1.54) is 0 Å². The molecule has 4 N–H and O–H groups in total. The van der Waals surface area contributed by atoms with Gasteiger partial charge in [-0.3, -0.25) is 4.72 Å². The van der Waals surface area contributed by atoms with Gasteiger partial charge in [0.15, 0.2) is 15.6 Å². The Kier molecular flexibility index (Phi) is 7.03. The van der Waals surface area contributed by atoms with Crippen molar-refractivity contribution in [2.24, 2.45) is 0 Å². The van der Waals surface area contributed by atoms with Crippen molar-refractivity contribution in [3.8, 4) is 11.5 Å². The maximum atomic E-state index is 12.9. The van der Waals surface area contributed by atoms with Gasteiger partial charge in [0.1, 0.15) is 5.75 Å². The molecule has 0 aliphatic heterocycles. The molecule has 0 amide bonds. The second-order valence-electron chi connectivity index (χ2n) is 7.32. The molecule has 14 heteroatoms. The molecule has 36 heavy (non-hydrogen) atoms. The minimum absolute atomic E-state index is 0.120. The number of hydrogen-bond donors (Lipinski definition) is 4. The van der Waals surface area contributed by atoms with Crippen LogP contribution in [0.4, 0.5) is 5.69 Å². The molecule has 0 radical (unpaired) electrons. The molecule has 0 aliphatic rings. The summed E-state index contributed by atoms with van der Waals surface area (Å²) in [4.78, 5) is 33.7. The Morgan fingerprint density at radius 3 is 1.67 bits per heavy atom. The van der Waals surface area contributed by atoms with Crippen LogP contribution in [-0.2, 0) is 19.9 Å². The van der Waals surface area contributed by atoms with E-state index in [0.717, 1.165) is 66.9 Å². The smallest absolute Gasteiger partial charge is 0.335 e. The number of aromatic carboxylic acids is 3. The summed E-state index contributed by atoms with van der Waals surface area (Å²) >= 11 is 0. The quantitative estimate of drug-likeness (QED) is 0.314. The van der Waals surface area contributed by atoms with E-state index < -0.39 is 48.9 Å². The van der Waals surface area contributed by atoms with Crippen LogP contribution < -0.4 is 9.46 Å². The van der Waals surface area contributed by atoms with Gasteiger partial charge in [-0.05, 0) is 60.7 Å². The van der Waals surface area contributed by atoms with E-state index >= 15 is 0 Å². The van der Waals surface area contributed by atoms with Crippen LogP contribution in [0.2, 0.25) is 0 Å². The van der Waals surface area contributed by atoms with Gasteiger partial charge in [0.25, 0.3) is 10.0 Å². The van der Waals surface area contributed by atoms with Gasteiger partial charge in [-0.2, -0.15) is 0 Å². The molecule has 0 aromatic heterocycles. The number of carboxylic acids is 3. The average molecular weight is 536 g/mol. The molecule has 0 saturated carbocycles. The van der Waals surface area contributed by atoms with Crippen LogP contribution >= 0.6 is 0 Å². The molecule has 3 aromatic carbocycles. The Morgan fingerprint density at radius 2 is 1.19 bits per heavy atom. The predicted octanol–water partition coefficient (Wildman–Crippen LogP) is 2.78. The third-order valence-electron chi connectivity index (χ3n) is 4.66. The van der Waals surface area contributed by atoms with Crippen molar-refractivity contribution in [3.05, 3.63) is 77.4 Å². The molecule has 3 rings (SSSR count). The summed E-state index contributed by atoms with van der Waals surface area (Å²) in [5, 5.41) is 27.8. The maximum absolute atomic E-state index is 12.9. The van der Waals surface area contributed by atoms with E-state index in [2.05, 4.69) is 4.72 Å². The third-order valence-corrected chi connectivity index (χ3v) is 7.17. The predicted molar refractivity (Wildman–Crippen MR) is 124 cm³/mol. The van der Waals surface area contributed by atoms with Crippen LogP contribution in [0.15, 0.2) is 70.5 Å². The zero-order valence-corrected chi connectivity index (χ0v) is 19.8. The van der Waals surface area contributed by atoms with E-state index in [1.807, 2.05) is 0 Å². The minimum Gasteiger partial charge on any atom is -0.478 e. The van der Waals surface area contributed by atoms with Crippen molar-refractivity contribution in [3.63, 3.8) is 0 Å². The molecular formula is C22H17NO11S2. The third kappa shape index (κ3) is 5.97. The largest absolute Gasteiger partial charge is 0.478 e. The van der Waals surface area contributed by atoms with Gasteiger partial charge in [0.05, 0.1) is 32.2 Å². The van der Waals surface area contributed by atoms with Crippen LogP contribution in [0.1, 0.15) is 31.1 Å². The molecule has 3 aromatic rings. The van der Waals surface area contributed by atoms with Gasteiger partial charge >= 0.3 is 17.9 Å². The molecule has 0 bridgehead atoms. The average Bonchev–Trinajstić information content (AvgIpc) is 2.79. The van der Waals surface area contributed by atoms with Crippen molar-refractivity contribution < 1.29 is 51.3 Å². The monoisotopic (exact) mass is 535 g/mol. The fourth-order valence-corrected chi connectivity index (χ4v) is 4.63. The highest BCUT2D eigenvalue weighted by atomic mass is 32.2. The van der Waals surface area contributed by atoms with Gasteiger partial charge in [-0.15, -0.1) is 0 Å². The number of ether oxygens (including phenoxy) is 1. The fraction of sp³-hybridized carbons (Fsp3) is 0.0455. The highest BCUT2D eigenvalue weighted by Gasteiger charge is 2.21. The number of carbonyl (C=O) groups is 3. The van der Waals surface area contributed by atoms with Crippen LogP contribution in [0.25, 0.3) is 0 Å². The topological polar surface area (TPSA) is 201 Å². The number of sulfone groups is 1. The first kappa shape index (κ1) is 26.2. The SMILES string of the molecule is CS(=O)(=O)c1ccc(S(=O)(=O)Nc2cc(C(=O)O)ccc2Oc2cc(C(=O)O)cc(C(=O)O)c2)cc1. The number of nitrogens with one attached hydrogen (secondary N) is 1. The van der Waals surface area contributed by atoms with Gasteiger partial charge in [-0.25, -0.2) is 31.2 Å². The molecule has 0 unspecified atom stereocenters. The van der Waals surface area contributed by atoms with Crippen molar-refractivity contribution in [1.82, 2.24) is 0 Å². The Balaban J connectivity index is 2.06. The van der Waals surface area contributed by atoms with E-state index in [9.17, 15) is 46.5 Å². The molecule has 12 nitrogen and oxygen atoms in total. The summed E-state index contributed by atoms with van der Waals surface area (Å²) in [7, 11) is -7.97. The first-order valence-corrected chi connectivity index (χ1v) is 13.0. The number of rotatable bonds is 9. The summed E-state index contributed by atoms with van der Waals surface area (Å²) in [5.41, 5.74) is -1.52. The molecule has 188 valence electrons. The van der Waals surface area contributed by atoms with Crippen LogP contribution in [0.3, 0.4) is 0 Å². The Hall–Kier alpha value is -4.43. The normalized spacial score (nSPS) is 11.5. The van der Waals surface area contributed by atoms with Gasteiger partial charge in [0, 0.05) is 6.26 Å². The Labute approximate surface area is 204 Å². The summed E-state index contributed by atoms with van der Waals surface area (Å²) in [6.45, 7) is 0. The molecule has 0 saturated heterocycles. The highest BCUT2D eigenvalue weighted by molar-refractivity contribution is 7.92. The lowest BCUT2D eigenvalue weighted by atomic mass is 10.1. The molecule has 0 heterocycles. The van der Waals surface area contributed by atoms with Crippen LogP contribution in [-0.4, -0.2) is 56.3 Å². The number of anilines is 1. The second kappa shape index (κ2) is 9.67. The van der Waals surface area contributed by atoms with Crippen molar-refractivity contribution in [2.75, 3.05) is 11.0 Å². The second-order valence-corrected chi connectivity index (χ2v) is 11.0. The van der Waals surface area contributed by atoms with Gasteiger partial charge < -0.3 is 20.1 Å². The maximum Gasteiger partial charge on any atom is 0.335 e. The van der Waals surface area contributed by atoms with E-state index in [1.54, 1.807) is 0 Å². The Bertz CT molecular complexity index is 1560. The lowest BCUT2D eigenvalue weighted by molar-refractivity contribution is 0.0681. The summed E-state index contributed by atoms with van der Waals surface area (Å²) in [5.74, 6) is -4.81. The van der Waals surface area contributed by atoms with Crippen LogP contribution in [0.5, 0.6) is 11.5 Å². The first-order valence-electron chi connectivity index (χ1n) is 9.67. The summed E-state index contributed by atoms with van der Waals surface area (Å²) in [6.07, 6.45) is 0.949. The summed E-state index contributed by atoms with van der Waals surface area (Å²) < 4.78 is 56.8. The Morgan fingerprint density at radius 1 is 0.694 bits per heavy atom. The van der Waals surface area contributed by atoms with Crippen molar-refractivity contribution >= 4 is 43.5 Å². The van der Waals surface area contributed by atoms with Crippen molar-refractivity contribution in [1.29, 1.82) is 0 Å². The lowest BCUT2D eigenvalue weighted by Crippen LogP contribution is -2.14. The fourth-order valence-electron chi connectivity index (χ4n) is 2.93. The van der Waals surface area contributed by atoms with E-state index in [0.29, 0.717) is 0 Å². The number of sulfonamides is 1. The zero-order valence-electron chi connectivity index (χ0n) is 18.2. The molecule has 0 spiro atoms. The van der Waals surface area contributed by atoms with Crippen molar-refractivity contribution in [2.45, 2.75) is 9.79 Å². The highest BCUT2D eigenvalue weighted by Crippen LogP contribution is 2.33. The minimum atomic E-state index is -4.38. The molecule has 0 fully saturated rings. The standard InChI is InChI=1S/C22H17NO11S2/c1-35(30,31)16-3-5-17(6-4-16)36(32,33)23-18-11-12(20(24)25)2-7-19(18)34-15-9-13(21(26)27)8-14(10-15)22(28)29/h2-11,23H,1H3,(H,24,25)(H,26,27)(H,28,29). The van der Waals surface area contributed by atoms with E-state index in [4.69, 9.17) is 4.74 Å². The number of benzene rings is 3. The first-order chi connectivity index (χ1) is 16.7. The number of hydrogen-bond acceptors (Lipinski definition) is 8. The zero-order chi connectivity index (χ0) is 26.8. The summed E-state index contributed by atoms with van der Waals surface area (Å²) in [6, 6.07) is 10.3. The molecule has 0 aliphatic carbocycles. The molecule has 0 atom stereocenters. The lowest BCUT2D eigenvalue weighted by Gasteiger charge is -2.15. The van der Waals surface area contributed by atoms with E-state index in [-0.39, 0.29) is 32.5 Å². The van der Waals surface area contributed by atoms with Gasteiger partial charge in [0.2, 0.25) is 0 Å². The van der Waals surface area contributed by atoms with Gasteiger partial charge in [-0.1, -0.05) is 0 Å². The molecular weight excluding hydrogens is 518 g/mol. The van der Waals surface area contributed by atoms with Crippen LogP contribution in [0, 0.1) is 0 Å². The number of carboxylic acid groups (broad SMARTS) is 3.